The van der Waals surface area contributed by atoms with Crippen molar-refractivity contribution in [3.05, 3.63) is 30.1 Å². The van der Waals surface area contributed by atoms with Crippen molar-refractivity contribution >= 4 is 11.0 Å². The number of hydrogen-bond acceptors (Lipinski definition) is 2. The molecule has 0 bridgehead atoms. The molecule has 2 heterocycles. The Labute approximate surface area is 98.2 Å². The molecule has 17 heavy (non-hydrogen) atoms. The number of nitrogens with two attached hydrogens (primary N) is 1. The highest BCUT2D eigenvalue weighted by atomic mass is 19.3. The van der Waals surface area contributed by atoms with E-state index >= 15 is 0 Å². The molecule has 0 radical (unpaired) electrons. The lowest BCUT2D eigenvalue weighted by Gasteiger charge is -2.22. The van der Waals surface area contributed by atoms with E-state index in [0.29, 0.717) is 0 Å². The number of aromatic nitrogens is 2. The Hall–Kier alpha value is -1.49. The van der Waals surface area contributed by atoms with E-state index in [0.717, 1.165) is 16.6 Å². The van der Waals surface area contributed by atoms with E-state index in [1.807, 2.05) is 23.9 Å². The van der Waals surface area contributed by atoms with Crippen LogP contribution in [-0.4, -0.2) is 21.5 Å². The van der Waals surface area contributed by atoms with Crippen molar-refractivity contribution in [2.45, 2.75) is 25.3 Å². The molecule has 0 amide bonds. The summed E-state index contributed by atoms with van der Waals surface area (Å²) in [7, 11) is 1.84. The average molecular weight is 239 g/mol. The molecule has 0 aromatic carbocycles. The summed E-state index contributed by atoms with van der Waals surface area (Å²) in [5.74, 6) is 0. The third kappa shape index (κ3) is 2.15. The molecule has 0 aliphatic carbocycles. The summed E-state index contributed by atoms with van der Waals surface area (Å²) in [6.45, 7) is 1.37. The molecule has 0 saturated heterocycles. The second-order valence-electron chi connectivity index (χ2n) is 4.62. The second-order valence-corrected chi connectivity index (χ2v) is 4.62. The molecule has 92 valence electrons. The van der Waals surface area contributed by atoms with Crippen LogP contribution in [0.5, 0.6) is 0 Å². The Morgan fingerprint density at radius 2 is 2.24 bits per heavy atom. The van der Waals surface area contributed by atoms with Gasteiger partial charge < -0.3 is 10.3 Å². The van der Waals surface area contributed by atoms with E-state index < -0.39 is 12.0 Å². The smallest absolute Gasteiger partial charge is 0.256 e. The zero-order chi connectivity index (χ0) is 12.6. The number of alkyl halides is 2. The molecule has 0 aliphatic rings. The maximum atomic E-state index is 12.8. The molecule has 0 spiro atoms. The lowest BCUT2D eigenvalue weighted by Crippen LogP contribution is -2.45. The molecular formula is C12H15F2N3. The van der Waals surface area contributed by atoms with Crippen LogP contribution < -0.4 is 5.73 Å². The number of rotatable bonds is 3. The Kier molecular flexibility index (Phi) is 2.87. The Morgan fingerprint density at radius 3 is 2.88 bits per heavy atom. The van der Waals surface area contributed by atoms with Crippen LogP contribution in [0.15, 0.2) is 24.5 Å². The number of nitrogens with zero attached hydrogens (tertiary/aromatic N) is 2. The van der Waals surface area contributed by atoms with Crippen LogP contribution in [0.4, 0.5) is 8.78 Å². The molecule has 1 atom stereocenters. The summed E-state index contributed by atoms with van der Waals surface area (Å²) in [4.78, 5) is 4.21. The average Bonchev–Trinajstić information content (AvgIpc) is 2.56. The van der Waals surface area contributed by atoms with Crippen molar-refractivity contribution in [1.82, 2.24) is 9.55 Å². The van der Waals surface area contributed by atoms with E-state index in [-0.39, 0.29) is 6.42 Å². The first-order chi connectivity index (χ1) is 7.92. The van der Waals surface area contributed by atoms with Gasteiger partial charge in [0.05, 0.1) is 5.54 Å². The molecule has 5 heteroatoms. The first-order valence-corrected chi connectivity index (χ1v) is 5.38. The number of fused-ring (bicyclic) bond motifs is 1. The fourth-order valence-corrected chi connectivity index (χ4v) is 1.92. The van der Waals surface area contributed by atoms with Gasteiger partial charge >= 0.3 is 0 Å². The largest absolute Gasteiger partial charge is 0.335 e. The van der Waals surface area contributed by atoms with Crippen molar-refractivity contribution in [2.24, 2.45) is 12.8 Å². The quantitative estimate of drug-likeness (QED) is 0.891. The lowest BCUT2D eigenvalue weighted by molar-refractivity contribution is 0.0641. The second kappa shape index (κ2) is 4.07. The number of hydrogen-bond donors (Lipinski definition) is 1. The third-order valence-electron chi connectivity index (χ3n) is 2.89. The van der Waals surface area contributed by atoms with Crippen LogP contribution in [0.25, 0.3) is 11.0 Å². The van der Waals surface area contributed by atoms with Gasteiger partial charge in [-0.15, -0.1) is 0 Å². The zero-order valence-corrected chi connectivity index (χ0v) is 9.82. The Balaban J connectivity index is 2.43. The van der Waals surface area contributed by atoms with E-state index in [1.165, 1.54) is 6.92 Å². The minimum atomic E-state index is -2.55. The van der Waals surface area contributed by atoms with Gasteiger partial charge in [0, 0.05) is 24.8 Å². The monoisotopic (exact) mass is 239 g/mol. The standard InChI is InChI=1S/C12H15F2N3/c1-12(15,11(13)14)6-8-7-17(2)10-9(8)4-3-5-16-10/h3-5,7,11H,6,15H2,1-2H3. The molecule has 3 nitrogen and oxygen atoms in total. The summed E-state index contributed by atoms with van der Waals surface area (Å²) in [5, 5.41) is 0.882. The zero-order valence-electron chi connectivity index (χ0n) is 9.82. The fraction of sp³-hybridized carbons (Fsp3) is 0.417. The SMILES string of the molecule is Cn1cc(CC(C)(N)C(F)F)c2cccnc21. The van der Waals surface area contributed by atoms with E-state index in [9.17, 15) is 8.78 Å². The van der Waals surface area contributed by atoms with Gasteiger partial charge in [0.1, 0.15) is 5.65 Å². The highest BCUT2D eigenvalue weighted by molar-refractivity contribution is 5.80. The lowest BCUT2D eigenvalue weighted by atomic mass is 9.94. The van der Waals surface area contributed by atoms with Gasteiger partial charge in [-0.05, 0) is 31.0 Å². The molecular weight excluding hydrogens is 224 g/mol. The van der Waals surface area contributed by atoms with E-state index in [1.54, 1.807) is 12.3 Å². The van der Waals surface area contributed by atoms with Gasteiger partial charge in [0.15, 0.2) is 0 Å². The topological polar surface area (TPSA) is 43.8 Å². The first kappa shape index (κ1) is 12.0. The van der Waals surface area contributed by atoms with Crippen LogP contribution in [0.2, 0.25) is 0 Å². The molecule has 0 aliphatic heterocycles. The van der Waals surface area contributed by atoms with Crippen molar-refractivity contribution in [3.63, 3.8) is 0 Å². The molecule has 0 fully saturated rings. The van der Waals surface area contributed by atoms with Crippen LogP contribution in [0.3, 0.4) is 0 Å². The van der Waals surface area contributed by atoms with Crippen molar-refractivity contribution in [2.75, 3.05) is 0 Å². The van der Waals surface area contributed by atoms with Crippen molar-refractivity contribution in [3.8, 4) is 0 Å². The molecule has 1 unspecified atom stereocenters. The molecule has 2 aromatic rings. The first-order valence-electron chi connectivity index (χ1n) is 5.38. The van der Waals surface area contributed by atoms with Crippen molar-refractivity contribution < 1.29 is 8.78 Å². The maximum Gasteiger partial charge on any atom is 0.256 e. The van der Waals surface area contributed by atoms with Gasteiger partial charge in [-0.2, -0.15) is 0 Å². The minimum Gasteiger partial charge on any atom is -0.335 e. The predicted molar refractivity (Wildman–Crippen MR) is 63.0 cm³/mol. The molecule has 2 aromatic heterocycles. The minimum absolute atomic E-state index is 0.133. The highest BCUT2D eigenvalue weighted by Crippen LogP contribution is 2.24. The van der Waals surface area contributed by atoms with Crippen molar-refractivity contribution in [1.29, 1.82) is 0 Å². The van der Waals surface area contributed by atoms with Gasteiger partial charge in [0.25, 0.3) is 6.43 Å². The molecule has 2 rings (SSSR count). The maximum absolute atomic E-state index is 12.8. The summed E-state index contributed by atoms with van der Waals surface area (Å²) in [6.07, 6.45) is 1.08. The normalized spacial score (nSPS) is 15.4. The van der Waals surface area contributed by atoms with E-state index in [2.05, 4.69) is 4.98 Å². The summed E-state index contributed by atoms with van der Waals surface area (Å²) in [6, 6.07) is 3.67. The van der Waals surface area contributed by atoms with Gasteiger partial charge in [-0.3, -0.25) is 0 Å². The Bertz CT molecular complexity index is 532. The van der Waals surface area contributed by atoms with Crippen LogP contribution in [-0.2, 0) is 13.5 Å². The van der Waals surface area contributed by atoms with Gasteiger partial charge in [-0.25, -0.2) is 13.8 Å². The number of pyridine rings is 1. The fourth-order valence-electron chi connectivity index (χ4n) is 1.92. The highest BCUT2D eigenvalue weighted by Gasteiger charge is 2.31. The van der Waals surface area contributed by atoms with E-state index in [4.69, 9.17) is 5.73 Å². The van der Waals surface area contributed by atoms with Gasteiger partial charge in [-0.1, -0.05) is 0 Å². The predicted octanol–water partition coefficient (Wildman–Crippen LogP) is 2.10. The number of halogens is 2. The summed E-state index contributed by atoms with van der Waals surface area (Å²) < 4.78 is 27.3. The third-order valence-corrected chi connectivity index (χ3v) is 2.89. The van der Waals surface area contributed by atoms with Gasteiger partial charge in [0.2, 0.25) is 0 Å². The summed E-state index contributed by atoms with van der Waals surface area (Å²) in [5.41, 5.74) is 5.69. The number of aryl methyl sites for hydroxylation is 1. The Morgan fingerprint density at radius 1 is 1.53 bits per heavy atom. The van der Waals surface area contributed by atoms with Crippen LogP contribution in [0, 0.1) is 0 Å². The van der Waals surface area contributed by atoms with Crippen LogP contribution in [0.1, 0.15) is 12.5 Å². The summed E-state index contributed by atoms with van der Waals surface area (Å²) >= 11 is 0. The molecule has 2 N–H and O–H groups in total. The molecule has 0 saturated carbocycles. The van der Waals surface area contributed by atoms with Crippen LogP contribution >= 0.6 is 0 Å².